The first-order valence-corrected chi connectivity index (χ1v) is 11.3. The van der Waals surface area contributed by atoms with Gasteiger partial charge in [-0.05, 0) is 49.8 Å². The minimum absolute atomic E-state index is 0.0886. The fraction of sp³-hybridized carbons (Fsp3) is 0.583. The average molecular weight is 450 g/mol. The van der Waals surface area contributed by atoms with Crippen molar-refractivity contribution in [3.63, 3.8) is 0 Å². The second kappa shape index (κ2) is 9.61. The first-order valence-electron chi connectivity index (χ1n) is 10.9. The number of benzene rings is 1. The van der Waals surface area contributed by atoms with Gasteiger partial charge < -0.3 is 19.5 Å². The third-order valence-corrected chi connectivity index (χ3v) is 6.49. The maximum absolute atomic E-state index is 12.9. The number of aryl methyl sites for hydroxylation is 1. The van der Waals surface area contributed by atoms with Gasteiger partial charge in [-0.1, -0.05) is 32.4 Å². The second-order valence-corrected chi connectivity index (χ2v) is 9.06. The zero-order valence-corrected chi connectivity index (χ0v) is 19.7. The number of carbonyl (C=O) groups is 2. The van der Waals surface area contributed by atoms with Gasteiger partial charge in [-0.15, -0.1) is 0 Å². The maximum atomic E-state index is 12.9. The molecular formula is C24H32ClNO5. The van der Waals surface area contributed by atoms with Gasteiger partial charge in [0.2, 0.25) is 5.91 Å². The quantitative estimate of drug-likeness (QED) is 0.639. The highest BCUT2D eigenvalue weighted by Crippen LogP contribution is 2.46. The van der Waals surface area contributed by atoms with Crippen molar-refractivity contribution < 1.29 is 23.8 Å². The Labute approximate surface area is 189 Å². The van der Waals surface area contributed by atoms with E-state index in [9.17, 15) is 9.59 Å². The third-order valence-electron chi connectivity index (χ3n) is 6.27. The van der Waals surface area contributed by atoms with Gasteiger partial charge in [-0.25, -0.2) is 0 Å². The molecule has 1 aliphatic carbocycles. The molecule has 1 aliphatic heterocycles. The van der Waals surface area contributed by atoms with Crippen molar-refractivity contribution >= 4 is 29.1 Å². The van der Waals surface area contributed by atoms with Crippen LogP contribution in [0.2, 0.25) is 5.02 Å². The molecule has 1 aromatic rings. The third kappa shape index (κ3) is 4.75. The molecule has 1 aromatic carbocycles. The largest absolute Gasteiger partial charge is 0.496 e. The molecule has 0 radical (unpaired) electrons. The van der Waals surface area contributed by atoms with E-state index < -0.39 is 5.54 Å². The Balaban J connectivity index is 2.24. The van der Waals surface area contributed by atoms with Crippen LogP contribution in [0, 0.1) is 5.92 Å². The fourth-order valence-electron chi connectivity index (χ4n) is 4.57. The summed E-state index contributed by atoms with van der Waals surface area (Å²) in [6.07, 6.45) is 3.75. The first-order chi connectivity index (χ1) is 14.7. The number of carbonyl (C=O) groups excluding carboxylic acids is 2. The van der Waals surface area contributed by atoms with Crippen LogP contribution in [0.5, 0.6) is 5.75 Å². The first kappa shape index (κ1) is 23.6. The Morgan fingerprint density at radius 1 is 1.26 bits per heavy atom. The van der Waals surface area contributed by atoms with E-state index in [4.69, 9.17) is 25.8 Å². The van der Waals surface area contributed by atoms with Crippen LogP contribution < -0.4 is 10.1 Å². The monoisotopic (exact) mass is 449 g/mol. The molecule has 1 amide bonds. The van der Waals surface area contributed by atoms with Crippen molar-refractivity contribution in [1.82, 2.24) is 5.32 Å². The number of rotatable bonds is 6. The molecular weight excluding hydrogens is 418 g/mol. The van der Waals surface area contributed by atoms with Gasteiger partial charge in [0.05, 0.1) is 31.1 Å². The number of ether oxygens (including phenoxy) is 3. The Morgan fingerprint density at radius 2 is 1.94 bits per heavy atom. The van der Waals surface area contributed by atoms with Crippen molar-refractivity contribution in [3.05, 3.63) is 34.0 Å². The summed E-state index contributed by atoms with van der Waals surface area (Å²) < 4.78 is 17.2. The Hall–Kier alpha value is -2.05. The van der Waals surface area contributed by atoms with Crippen molar-refractivity contribution in [2.24, 2.45) is 5.92 Å². The summed E-state index contributed by atoms with van der Waals surface area (Å²) in [5.41, 5.74) is 1.72. The summed E-state index contributed by atoms with van der Waals surface area (Å²) in [7, 11) is 3.28. The molecule has 0 aromatic heterocycles. The topological polar surface area (TPSA) is 73.9 Å². The normalized spacial score (nSPS) is 23.8. The minimum Gasteiger partial charge on any atom is -0.496 e. The van der Waals surface area contributed by atoms with E-state index in [1.54, 1.807) is 34.1 Å². The Bertz CT molecular complexity index is 859. The highest BCUT2D eigenvalue weighted by atomic mass is 35.5. The van der Waals surface area contributed by atoms with Gasteiger partial charge >= 0.3 is 5.97 Å². The number of nitrogens with one attached hydrogen (secondary N) is 1. The zero-order chi connectivity index (χ0) is 22.8. The average Bonchev–Trinajstić information content (AvgIpc) is 2.75. The number of hydrogen-bond acceptors (Lipinski definition) is 5. The maximum Gasteiger partial charge on any atom is 0.313 e. The number of halogens is 1. The van der Waals surface area contributed by atoms with Crippen LogP contribution in [-0.4, -0.2) is 37.7 Å². The molecule has 2 aliphatic rings. The van der Waals surface area contributed by atoms with E-state index in [1.165, 1.54) is 0 Å². The Morgan fingerprint density at radius 3 is 2.48 bits per heavy atom. The molecule has 0 unspecified atom stereocenters. The molecule has 6 nitrogen and oxygen atoms in total. The molecule has 31 heavy (non-hydrogen) atoms. The van der Waals surface area contributed by atoms with Gasteiger partial charge in [0, 0.05) is 23.3 Å². The van der Waals surface area contributed by atoms with Crippen molar-refractivity contribution in [1.29, 1.82) is 0 Å². The molecule has 170 valence electrons. The van der Waals surface area contributed by atoms with Gasteiger partial charge in [0.25, 0.3) is 0 Å². The van der Waals surface area contributed by atoms with E-state index in [1.807, 2.05) is 13.0 Å². The second-order valence-electron chi connectivity index (χ2n) is 8.62. The van der Waals surface area contributed by atoms with E-state index in [-0.39, 0.29) is 30.3 Å². The zero-order valence-electron chi connectivity index (χ0n) is 19.0. The van der Waals surface area contributed by atoms with Gasteiger partial charge in [-0.3, -0.25) is 9.59 Å². The molecule has 3 rings (SSSR count). The van der Waals surface area contributed by atoms with Crippen LogP contribution in [0.15, 0.2) is 17.9 Å². The van der Waals surface area contributed by atoms with Crippen molar-refractivity contribution in [2.75, 3.05) is 14.2 Å². The number of methoxy groups -OCH3 is 2. The summed E-state index contributed by atoms with van der Waals surface area (Å²) in [5.74, 6) is 0.414. The van der Waals surface area contributed by atoms with Gasteiger partial charge in [0.1, 0.15) is 11.5 Å². The van der Waals surface area contributed by atoms with Crippen LogP contribution in [-0.2, 0) is 25.5 Å². The van der Waals surface area contributed by atoms with Crippen LogP contribution in [0.4, 0.5) is 0 Å². The van der Waals surface area contributed by atoms with Gasteiger partial charge in [0.15, 0.2) is 0 Å². The lowest BCUT2D eigenvalue weighted by Crippen LogP contribution is -2.56. The standard InChI is InChI=1S/C24H32ClNO5/c1-6-15-11-16(25)12-19(30-5)21(15)18-13-20(27)26-24(9-7-17(29-4)8-10-24)22(18)31-23(28)14(2)3/h11-12,14,17H,6-10,13H2,1-5H3,(H,26,27). The van der Waals surface area contributed by atoms with Crippen LogP contribution in [0.3, 0.4) is 0 Å². The van der Waals surface area contributed by atoms with E-state index in [0.717, 1.165) is 24.0 Å². The minimum atomic E-state index is -0.736. The molecule has 1 heterocycles. The SMILES string of the molecule is CCc1cc(Cl)cc(OC)c1C1=C(OC(=O)C(C)C)C2(CCC(OC)CC2)NC(=O)C1. The highest BCUT2D eigenvalue weighted by molar-refractivity contribution is 6.31. The summed E-state index contributed by atoms with van der Waals surface area (Å²) in [4.78, 5) is 25.7. The van der Waals surface area contributed by atoms with Crippen molar-refractivity contribution in [2.45, 2.75) is 70.9 Å². The summed E-state index contributed by atoms with van der Waals surface area (Å²) in [5, 5.41) is 3.72. The summed E-state index contributed by atoms with van der Waals surface area (Å²) >= 11 is 6.31. The molecule has 0 saturated heterocycles. The molecule has 1 N–H and O–H groups in total. The molecule has 7 heteroatoms. The molecule has 1 saturated carbocycles. The van der Waals surface area contributed by atoms with Crippen LogP contribution in [0.25, 0.3) is 5.57 Å². The van der Waals surface area contributed by atoms with E-state index in [2.05, 4.69) is 5.32 Å². The van der Waals surface area contributed by atoms with Crippen LogP contribution >= 0.6 is 11.6 Å². The number of amides is 1. The lowest BCUT2D eigenvalue weighted by molar-refractivity contribution is -0.146. The van der Waals surface area contributed by atoms with Gasteiger partial charge in [-0.2, -0.15) is 0 Å². The molecule has 0 atom stereocenters. The molecule has 1 fully saturated rings. The van der Waals surface area contributed by atoms with Crippen molar-refractivity contribution in [3.8, 4) is 5.75 Å². The smallest absolute Gasteiger partial charge is 0.313 e. The molecule has 1 spiro atoms. The van der Waals surface area contributed by atoms with Crippen LogP contribution in [0.1, 0.15) is 64.0 Å². The Kier molecular flexibility index (Phi) is 7.32. The highest BCUT2D eigenvalue weighted by Gasteiger charge is 2.47. The van der Waals surface area contributed by atoms with E-state index in [0.29, 0.717) is 41.4 Å². The molecule has 0 bridgehead atoms. The predicted octanol–water partition coefficient (Wildman–Crippen LogP) is 4.67. The lowest BCUT2D eigenvalue weighted by Gasteiger charge is -2.44. The van der Waals surface area contributed by atoms with E-state index >= 15 is 0 Å². The summed E-state index contributed by atoms with van der Waals surface area (Å²) in [6, 6.07) is 3.63. The number of hydrogen-bond donors (Lipinski definition) is 1. The fourth-order valence-corrected chi connectivity index (χ4v) is 4.80. The summed E-state index contributed by atoms with van der Waals surface area (Å²) in [6.45, 7) is 5.63. The lowest BCUT2D eigenvalue weighted by atomic mass is 9.74. The number of esters is 1. The predicted molar refractivity (Wildman–Crippen MR) is 120 cm³/mol.